The SMILES string of the molecule is CC/C=C\C/C=C\C/C=C\C/C=C\C/C=C\CCCCCC(=O)OCC(COC(=O)CCCCCCC/C=C\CCCCCC)OC(=O)CCCCCCCC/C=C\C/C=C\C/C=C\CCCCC. The molecule has 0 bridgehead atoms. The first kappa shape index (κ1) is 65.1. The van der Waals surface area contributed by atoms with E-state index in [2.05, 4.69) is 130 Å². The third-order valence-electron chi connectivity index (χ3n) is 11.7. The van der Waals surface area contributed by atoms with Gasteiger partial charge in [-0.3, -0.25) is 14.4 Å². The maximum Gasteiger partial charge on any atom is 0.306 e. The summed E-state index contributed by atoms with van der Waals surface area (Å²) in [6.07, 6.45) is 76.4. The Bertz CT molecular complexity index is 1420. The second kappa shape index (κ2) is 56.7. The summed E-state index contributed by atoms with van der Waals surface area (Å²) in [6, 6.07) is 0. The number of ether oxygens (including phenoxy) is 3. The molecule has 0 rings (SSSR count). The van der Waals surface area contributed by atoms with E-state index in [1.165, 1.54) is 77.0 Å². The van der Waals surface area contributed by atoms with Crippen molar-refractivity contribution in [3.63, 3.8) is 0 Å². The standard InChI is InChI=1S/C63H104O6/c1-4-7-10-13-16-19-22-25-27-29-31-33-35-38-41-44-47-50-53-56-62(65)68-59-60(58-67-61(64)55-52-49-46-43-40-37-24-21-18-15-12-9-6-3)69-63(66)57-54-51-48-45-42-39-36-34-32-30-28-26-23-20-17-14-11-8-5-2/h7,10,16-17,19-21,24-28,31-34,38,41,60H,4-6,8-9,11-15,18,22-23,29-30,35-37,39-40,42-59H2,1-3H3/b10-7-,19-16-,20-17-,24-21-,27-25-,28-26-,33-31-,34-32-,41-38-. The van der Waals surface area contributed by atoms with Crippen molar-refractivity contribution in [2.24, 2.45) is 0 Å². The lowest BCUT2D eigenvalue weighted by molar-refractivity contribution is -0.167. The van der Waals surface area contributed by atoms with E-state index in [1.54, 1.807) is 0 Å². The molecule has 0 fully saturated rings. The Hall–Kier alpha value is -3.93. The molecule has 0 radical (unpaired) electrons. The first-order chi connectivity index (χ1) is 34.0. The smallest absolute Gasteiger partial charge is 0.306 e. The first-order valence-electron chi connectivity index (χ1n) is 28.4. The molecule has 6 nitrogen and oxygen atoms in total. The molecule has 0 aliphatic heterocycles. The molecule has 1 unspecified atom stereocenters. The fourth-order valence-electron chi connectivity index (χ4n) is 7.47. The van der Waals surface area contributed by atoms with Gasteiger partial charge in [-0.05, 0) is 128 Å². The van der Waals surface area contributed by atoms with Crippen LogP contribution in [0.1, 0.15) is 252 Å². The Morgan fingerprint density at radius 3 is 0.942 bits per heavy atom. The molecule has 0 aromatic carbocycles. The predicted octanol–water partition coefficient (Wildman–Crippen LogP) is 19.1. The van der Waals surface area contributed by atoms with E-state index in [1.807, 2.05) is 0 Å². The van der Waals surface area contributed by atoms with E-state index in [9.17, 15) is 14.4 Å². The number of carbonyl (C=O) groups is 3. The molecule has 0 aliphatic rings. The lowest BCUT2D eigenvalue weighted by Gasteiger charge is -2.18. The largest absolute Gasteiger partial charge is 0.462 e. The predicted molar refractivity (Wildman–Crippen MR) is 297 cm³/mol. The average Bonchev–Trinajstić information content (AvgIpc) is 3.35. The van der Waals surface area contributed by atoms with Crippen molar-refractivity contribution in [2.75, 3.05) is 13.2 Å². The van der Waals surface area contributed by atoms with Crippen LogP contribution in [0.15, 0.2) is 109 Å². The fraction of sp³-hybridized carbons (Fsp3) is 0.667. The van der Waals surface area contributed by atoms with Crippen LogP contribution >= 0.6 is 0 Å². The second-order valence-electron chi connectivity index (χ2n) is 18.5. The van der Waals surface area contributed by atoms with Crippen molar-refractivity contribution in [2.45, 2.75) is 258 Å². The van der Waals surface area contributed by atoms with E-state index >= 15 is 0 Å². The maximum atomic E-state index is 12.9. The van der Waals surface area contributed by atoms with Gasteiger partial charge in [-0.15, -0.1) is 0 Å². The van der Waals surface area contributed by atoms with Crippen LogP contribution in [-0.2, 0) is 28.6 Å². The van der Waals surface area contributed by atoms with Gasteiger partial charge < -0.3 is 14.2 Å². The molecule has 1 atom stereocenters. The number of hydrogen-bond donors (Lipinski definition) is 0. The Balaban J connectivity index is 4.49. The lowest BCUT2D eigenvalue weighted by Crippen LogP contribution is -2.30. The van der Waals surface area contributed by atoms with Gasteiger partial charge in [-0.25, -0.2) is 0 Å². The van der Waals surface area contributed by atoms with Gasteiger partial charge in [-0.1, -0.05) is 214 Å². The van der Waals surface area contributed by atoms with Gasteiger partial charge in [0.2, 0.25) is 0 Å². The van der Waals surface area contributed by atoms with E-state index in [0.29, 0.717) is 19.3 Å². The minimum atomic E-state index is -0.805. The molecule has 0 N–H and O–H groups in total. The highest BCUT2D eigenvalue weighted by atomic mass is 16.6. The Kier molecular flexibility index (Phi) is 53.4. The third kappa shape index (κ3) is 54.9. The first-order valence-corrected chi connectivity index (χ1v) is 28.4. The Labute approximate surface area is 425 Å². The quantitative estimate of drug-likeness (QED) is 0.0262. The van der Waals surface area contributed by atoms with Gasteiger partial charge in [0.25, 0.3) is 0 Å². The highest BCUT2D eigenvalue weighted by Crippen LogP contribution is 2.13. The third-order valence-corrected chi connectivity index (χ3v) is 11.7. The van der Waals surface area contributed by atoms with Crippen LogP contribution in [0.5, 0.6) is 0 Å². The zero-order valence-electron chi connectivity index (χ0n) is 44.8. The topological polar surface area (TPSA) is 78.9 Å². The molecule has 69 heavy (non-hydrogen) atoms. The number of unbranched alkanes of at least 4 members (excludes halogenated alkanes) is 21. The minimum absolute atomic E-state index is 0.100. The molecule has 0 saturated carbocycles. The summed E-state index contributed by atoms with van der Waals surface area (Å²) in [7, 11) is 0. The van der Waals surface area contributed by atoms with E-state index in [-0.39, 0.29) is 31.1 Å². The molecule has 0 saturated heterocycles. The van der Waals surface area contributed by atoms with Gasteiger partial charge >= 0.3 is 17.9 Å². The van der Waals surface area contributed by atoms with Crippen LogP contribution in [0.25, 0.3) is 0 Å². The lowest BCUT2D eigenvalue weighted by atomic mass is 10.1. The van der Waals surface area contributed by atoms with E-state index < -0.39 is 6.10 Å². The van der Waals surface area contributed by atoms with E-state index in [0.717, 1.165) is 135 Å². The summed E-state index contributed by atoms with van der Waals surface area (Å²) in [5.41, 5.74) is 0. The fourth-order valence-corrected chi connectivity index (χ4v) is 7.47. The van der Waals surface area contributed by atoms with Crippen LogP contribution in [0.3, 0.4) is 0 Å². The van der Waals surface area contributed by atoms with E-state index in [4.69, 9.17) is 14.2 Å². The van der Waals surface area contributed by atoms with Crippen molar-refractivity contribution in [1.29, 1.82) is 0 Å². The number of allylic oxidation sites excluding steroid dienone is 18. The zero-order chi connectivity index (χ0) is 50.0. The van der Waals surface area contributed by atoms with Gasteiger partial charge in [0.15, 0.2) is 6.10 Å². The van der Waals surface area contributed by atoms with Crippen LogP contribution in [-0.4, -0.2) is 37.2 Å². The highest BCUT2D eigenvalue weighted by molar-refractivity contribution is 5.71. The Morgan fingerprint density at radius 1 is 0.304 bits per heavy atom. The number of rotatable bonds is 50. The monoisotopic (exact) mass is 957 g/mol. The molecular formula is C63H104O6. The normalized spacial score (nSPS) is 12.9. The summed E-state index contributed by atoms with van der Waals surface area (Å²) >= 11 is 0. The summed E-state index contributed by atoms with van der Waals surface area (Å²) in [4.78, 5) is 38.1. The molecule has 392 valence electrons. The van der Waals surface area contributed by atoms with Gasteiger partial charge in [0, 0.05) is 19.3 Å². The van der Waals surface area contributed by atoms with Crippen LogP contribution in [0, 0.1) is 0 Å². The molecule has 0 spiro atoms. The van der Waals surface area contributed by atoms with Crippen molar-refractivity contribution < 1.29 is 28.6 Å². The van der Waals surface area contributed by atoms with Crippen LogP contribution < -0.4 is 0 Å². The molecule has 6 heteroatoms. The van der Waals surface area contributed by atoms with Crippen molar-refractivity contribution >= 4 is 17.9 Å². The second-order valence-corrected chi connectivity index (χ2v) is 18.5. The summed E-state index contributed by atoms with van der Waals surface area (Å²) in [5.74, 6) is -0.955. The van der Waals surface area contributed by atoms with Crippen molar-refractivity contribution in [1.82, 2.24) is 0 Å². The molecular weight excluding hydrogens is 853 g/mol. The van der Waals surface area contributed by atoms with Crippen LogP contribution in [0.4, 0.5) is 0 Å². The maximum absolute atomic E-state index is 12.9. The molecule has 0 heterocycles. The summed E-state index contributed by atoms with van der Waals surface area (Å²) in [5, 5.41) is 0. The summed E-state index contributed by atoms with van der Waals surface area (Å²) in [6.45, 7) is 6.43. The van der Waals surface area contributed by atoms with Crippen molar-refractivity contribution in [3.8, 4) is 0 Å². The number of hydrogen-bond acceptors (Lipinski definition) is 6. The van der Waals surface area contributed by atoms with Crippen molar-refractivity contribution in [3.05, 3.63) is 109 Å². The minimum Gasteiger partial charge on any atom is -0.462 e. The number of esters is 3. The van der Waals surface area contributed by atoms with Gasteiger partial charge in [0.1, 0.15) is 13.2 Å². The number of carbonyl (C=O) groups excluding carboxylic acids is 3. The molecule has 0 aliphatic carbocycles. The highest BCUT2D eigenvalue weighted by Gasteiger charge is 2.19. The molecule has 0 aromatic heterocycles. The summed E-state index contributed by atoms with van der Waals surface area (Å²) < 4.78 is 16.8. The molecule has 0 amide bonds. The Morgan fingerprint density at radius 2 is 0.565 bits per heavy atom. The molecule has 0 aromatic rings. The zero-order valence-corrected chi connectivity index (χ0v) is 44.8. The van der Waals surface area contributed by atoms with Gasteiger partial charge in [-0.2, -0.15) is 0 Å². The average molecular weight is 958 g/mol. The van der Waals surface area contributed by atoms with Gasteiger partial charge in [0.05, 0.1) is 0 Å². The van der Waals surface area contributed by atoms with Crippen LogP contribution in [0.2, 0.25) is 0 Å².